The first kappa shape index (κ1) is 11.5. The molecule has 1 amide bonds. The molecule has 1 aromatic heterocycles. The van der Waals surface area contributed by atoms with E-state index in [0.29, 0.717) is 16.8 Å². The molecule has 3 rings (SSSR count). The van der Waals surface area contributed by atoms with Crippen molar-refractivity contribution in [2.45, 2.75) is 25.7 Å². The second-order valence-electron chi connectivity index (χ2n) is 5.39. The first-order valence-corrected chi connectivity index (χ1v) is 6.44. The molecule has 0 bridgehead atoms. The van der Waals surface area contributed by atoms with Crippen LogP contribution in [0.4, 0.5) is 5.82 Å². The molecule has 0 spiro atoms. The van der Waals surface area contributed by atoms with Crippen LogP contribution < -0.4 is 16.6 Å². The SMILES string of the molecule is NNc1cc(C(=O)NCC2(C3CC3)CC2)ccn1. The van der Waals surface area contributed by atoms with Crippen molar-refractivity contribution in [2.75, 3.05) is 12.0 Å². The number of hydrogen-bond acceptors (Lipinski definition) is 4. The molecule has 0 aromatic carbocycles. The zero-order valence-electron chi connectivity index (χ0n) is 10.3. The summed E-state index contributed by atoms with van der Waals surface area (Å²) in [6.07, 6.45) is 6.80. The number of carbonyl (C=O) groups is 1. The molecule has 5 heteroatoms. The maximum absolute atomic E-state index is 12.0. The van der Waals surface area contributed by atoms with Crippen LogP contribution in [0.2, 0.25) is 0 Å². The van der Waals surface area contributed by atoms with E-state index in [1.54, 1.807) is 18.3 Å². The fraction of sp³-hybridized carbons (Fsp3) is 0.538. The van der Waals surface area contributed by atoms with E-state index in [2.05, 4.69) is 15.7 Å². The zero-order valence-corrected chi connectivity index (χ0v) is 10.3. The van der Waals surface area contributed by atoms with Gasteiger partial charge in [0.15, 0.2) is 0 Å². The predicted molar refractivity (Wildman–Crippen MR) is 68.8 cm³/mol. The van der Waals surface area contributed by atoms with E-state index in [1.165, 1.54) is 25.7 Å². The Bertz CT molecular complexity index is 466. The molecule has 96 valence electrons. The Labute approximate surface area is 106 Å². The van der Waals surface area contributed by atoms with Crippen molar-refractivity contribution in [1.29, 1.82) is 0 Å². The Morgan fingerprint density at radius 2 is 2.28 bits per heavy atom. The van der Waals surface area contributed by atoms with Crippen LogP contribution in [0.5, 0.6) is 0 Å². The van der Waals surface area contributed by atoms with Gasteiger partial charge in [0.1, 0.15) is 5.82 Å². The van der Waals surface area contributed by atoms with E-state index in [9.17, 15) is 4.79 Å². The third-order valence-electron chi connectivity index (χ3n) is 4.11. The summed E-state index contributed by atoms with van der Waals surface area (Å²) in [7, 11) is 0. The molecular formula is C13H18N4O. The Morgan fingerprint density at radius 1 is 1.50 bits per heavy atom. The van der Waals surface area contributed by atoms with Gasteiger partial charge in [0, 0.05) is 18.3 Å². The van der Waals surface area contributed by atoms with Gasteiger partial charge in [-0.3, -0.25) is 4.79 Å². The van der Waals surface area contributed by atoms with E-state index in [1.807, 2.05) is 0 Å². The molecule has 0 unspecified atom stereocenters. The Morgan fingerprint density at radius 3 is 2.89 bits per heavy atom. The van der Waals surface area contributed by atoms with Crippen molar-refractivity contribution in [3.05, 3.63) is 23.9 Å². The van der Waals surface area contributed by atoms with Crippen LogP contribution in [0, 0.1) is 11.3 Å². The van der Waals surface area contributed by atoms with Crippen LogP contribution in [0.15, 0.2) is 18.3 Å². The summed E-state index contributed by atoms with van der Waals surface area (Å²) in [6.45, 7) is 0.810. The average Bonchev–Trinajstić information content (AvgIpc) is 3.28. The summed E-state index contributed by atoms with van der Waals surface area (Å²) in [6, 6.07) is 3.36. The first-order chi connectivity index (χ1) is 8.73. The molecule has 18 heavy (non-hydrogen) atoms. The van der Waals surface area contributed by atoms with Crippen LogP contribution in [-0.2, 0) is 0 Å². The summed E-state index contributed by atoms with van der Waals surface area (Å²) in [5, 5.41) is 3.04. The van der Waals surface area contributed by atoms with Crippen LogP contribution in [-0.4, -0.2) is 17.4 Å². The highest BCUT2D eigenvalue weighted by molar-refractivity contribution is 5.94. The molecule has 0 saturated heterocycles. The largest absolute Gasteiger partial charge is 0.351 e. The quantitative estimate of drug-likeness (QED) is 0.540. The van der Waals surface area contributed by atoms with Gasteiger partial charge in [-0.25, -0.2) is 10.8 Å². The lowest BCUT2D eigenvalue weighted by atomic mass is 10.0. The van der Waals surface area contributed by atoms with Gasteiger partial charge in [0.25, 0.3) is 5.91 Å². The lowest BCUT2D eigenvalue weighted by molar-refractivity contribution is 0.0942. The highest BCUT2D eigenvalue weighted by atomic mass is 16.1. The molecule has 2 fully saturated rings. The van der Waals surface area contributed by atoms with E-state index in [0.717, 1.165) is 12.5 Å². The number of anilines is 1. The average molecular weight is 246 g/mol. The number of hydrazine groups is 1. The van der Waals surface area contributed by atoms with Crippen LogP contribution >= 0.6 is 0 Å². The second-order valence-corrected chi connectivity index (χ2v) is 5.39. The summed E-state index contributed by atoms with van der Waals surface area (Å²) < 4.78 is 0. The number of hydrogen-bond donors (Lipinski definition) is 3. The van der Waals surface area contributed by atoms with Crippen molar-refractivity contribution in [2.24, 2.45) is 17.2 Å². The molecular weight excluding hydrogens is 228 g/mol. The standard InChI is InChI=1S/C13H18N4O/c14-17-11-7-9(3-6-15-11)12(18)16-8-13(4-5-13)10-1-2-10/h3,6-7,10H,1-2,4-5,8,14H2,(H,15,17)(H,16,18). The van der Waals surface area contributed by atoms with Crippen molar-refractivity contribution in [1.82, 2.24) is 10.3 Å². The number of nitrogens with one attached hydrogen (secondary N) is 2. The minimum absolute atomic E-state index is 0.0409. The zero-order chi connectivity index (χ0) is 12.6. The molecule has 0 atom stereocenters. The molecule has 2 aliphatic carbocycles. The lowest BCUT2D eigenvalue weighted by Gasteiger charge is -2.15. The van der Waals surface area contributed by atoms with Gasteiger partial charge in [0.2, 0.25) is 0 Å². The fourth-order valence-corrected chi connectivity index (χ4v) is 2.59. The third kappa shape index (κ3) is 2.18. The Kier molecular flexibility index (Phi) is 2.70. The number of pyridine rings is 1. The summed E-state index contributed by atoms with van der Waals surface area (Å²) in [4.78, 5) is 16.0. The van der Waals surface area contributed by atoms with Gasteiger partial charge in [-0.05, 0) is 49.1 Å². The molecule has 0 radical (unpaired) electrons. The predicted octanol–water partition coefficient (Wildman–Crippen LogP) is 1.29. The lowest BCUT2D eigenvalue weighted by Crippen LogP contribution is -2.31. The van der Waals surface area contributed by atoms with E-state index >= 15 is 0 Å². The van der Waals surface area contributed by atoms with Crippen LogP contribution in [0.3, 0.4) is 0 Å². The molecule has 2 aliphatic rings. The normalized spacial score (nSPS) is 20.3. The van der Waals surface area contributed by atoms with E-state index in [4.69, 9.17) is 5.84 Å². The second kappa shape index (κ2) is 4.24. The summed E-state index contributed by atoms with van der Waals surface area (Å²) in [5.74, 6) is 6.60. The number of aromatic nitrogens is 1. The van der Waals surface area contributed by atoms with Gasteiger partial charge < -0.3 is 10.7 Å². The molecule has 4 N–H and O–H groups in total. The van der Waals surface area contributed by atoms with E-state index in [-0.39, 0.29) is 5.91 Å². The van der Waals surface area contributed by atoms with Gasteiger partial charge in [-0.2, -0.15) is 0 Å². The third-order valence-corrected chi connectivity index (χ3v) is 4.11. The number of amides is 1. The van der Waals surface area contributed by atoms with Crippen molar-refractivity contribution >= 4 is 11.7 Å². The van der Waals surface area contributed by atoms with Crippen LogP contribution in [0.25, 0.3) is 0 Å². The number of carbonyl (C=O) groups excluding carboxylic acids is 1. The fourth-order valence-electron chi connectivity index (χ4n) is 2.59. The minimum Gasteiger partial charge on any atom is -0.351 e. The highest BCUT2D eigenvalue weighted by Crippen LogP contribution is 2.60. The number of nitrogens with zero attached hydrogens (tertiary/aromatic N) is 1. The molecule has 5 nitrogen and oxygen atoms in total. The number of rotatable bonds is 5. The number of nitrogens with two attached hydrogens (primary N) is 1. The van der Waals surface area contributed by atoms with Gasteiger partial charge in [-0.1, -0.05) is 0 Å². The Balaban J connectivity index is 1.60. The number of nitrogen functional groups attached to an aromatic ring is 1. The Hall–Kier alpha value is -1.62. The van der Waals surface area contributed by atoms with Crippen molar-refractivity contribution in [3.8, 4) is 0 Å². The highest BCUT2D eigenvalue weighted by Gasteiger charge is 2.53. The molecule has 1 heterocycles. The monoisotopic (exact) mass is 246 g/mol. The molecule has 1 aromatic rings. The molecule has 2 saturated carbocycles. The maximum Gasteiger partial charge on any atom is 0.251 e. The van der Waals surface area contributed by atoms with Crippen molar-refractivity contribution < 1.29 is 4.79 Å². The summed E-state index contributed by atoms with van der Waals surface area (Å²) in [5.41, 5.74) is 3.47. The first-order valence-electron chi connectivity index (χ1n) is 6.44. The van der Waals surface area contributed by atoms with Gasteiger partial charge >= 0.3 is 0 Å². The topological polar surface area (TPSA) is 80.0 Å². The minimum atomic E-state index is -0.0409. The maximum atomic E-state index is 12.0. The van der Waals surface area contributed by atoms with Gasteiger partial charge in [-0.15, -0.1) is 0 Å². The van der Waals surface area contributed by atoms with Crippen LogP contribution in [0.1, 0.15) is 36.0 Å². The summed E-state index contributed by atoms with van der Waals surface area (Å²) >= 11 is 0. The van der Waals surface area contributed by atoms with Crippen molar-refractivity contribution in [3.63, 3.8) is 0 Å². The van der Waals surface area contributed by atoms with E-state index < -0.39 is 0 Å². The van der Waals surface area contributed by atoms with Gasteiger partial charge in [0.05, 0.1) is 0 Å². The smallest absolute Gasteiger partial charge is 0.251 e. The molecule has 0 aliphatic heterocycles.